The minimum absolute atomic E-state index is 0.000763. The predicted octanol–water partition coefficient (Wildman–Crippen LogP) is 3.71. The molecule has 0 aromatic carbocycles. The molecule has 0 saturated heterocycles. The molecule has 29 heavy (non-hydrogen) atoms. The summed E-state index contributed by atoms with van der Waals surface area (Å²) in [5.41, 5.74) is 1.76. The quantitative estimate of drug-likeness (QED) is 0.629. The van der Waals surface area contributed by atoms with Crippen LogP contribution >= 0.6 is 0 Å². The SMILES string of the molecule is CC(O)C=CC(C)(O)C1CCC2C=C(C3CCC4C(=O)CC(O)CC=C43)CC21C. The summed E-state index contributed by atoms with van der Waals surface area (Å²) in [6.07, 6.45) is 12.8. The highest BCUT2D eigenvalue weighted by Crippen LogP contribution is 2.62. The van der Waals surface area contributed by atoms with Gasteiger partial charge in [-0.2, -0.15) is 0 Å². The molecule has 4 aliphatic carbocycles. The number of carbonyl (C=O) groups excluding carboxylic acids is 1. The Morgan fingerprint density at radius 1 is 1.24 bits per heavy atom. The Balaban J connectivity index is 1.56. The topological polar surface area (TPSA) is 77.8 Å². The molecule has 160 valence electrons. The fourth-order valence-corrected chi connectivity index (χ4v) is 6.87. The Morgan fingerprint density at radius 3 is 2.69 bits per heavy atom. The van der Waals surface area contributed by atoms with Crippen molar-refractivity contribution in [2.45, 2.75) is 83.5 Å². The van der Waals surface area contributed by atoms with E-state index in [0.29, 0.717) is 18.3 Å². The fourth-order valence-electron chi connectivity index (χ4n) is 6.87. The predicted molar refractivity (Wildman–Crippen MR) is 113 cm³/mol. The van der Waals surface area contributed by atoms with Gasteiger partial charge in [0.15, 0.2) is 0 Å². The summed E-state index contributed by atoms with van der Waals surface area (Å²) < 4.78 is 0. The molecule has 3 N–H and O–H groups in total. The molecule has 4 rings (SSSR count). The number of fused-ring (bicyclic) bond motifs is 2. The molecule has 8 unspecified atom stereocenters. The first-order chi connectivity index (χ1) is 13.6. The van der Waals surface area contributed by atoms with Gasteiger partial charge >= 0.3 is 0 Å². The number of ketones is 1. The molecule has 0 spiro atoms. The van der Waals surface area contributed by atoms with Gasteiger partial charge in [-0.05, 0) is 69.6 Å². The highest BCUT2D eigenvalue weighted by atomic mass is 16.3. The van der Waals surface area contributed by atoms with E-state index < -0.39 is 17.8 Å². The van der Waals surface area contributed by atoms with Crippen LogP contribution in [0.15, 0.2) is 35.5 Å². The average molecular weight is 401 g/mol. The molecule has 0 aliphatic heterocycles. The van der Waals surface area contributed by atoms with Gasteiger partial charge in [0.25, 0.3) is 0 Å². The molecule has 8 atom stereocenters. The molecular formula is C25H36O4. The summed E-state index contributed by atoms with van der Waals surface area (Å²) >= 11 is 0. The average Bonchev–Trinajstić information content (AvgIpc) is 3.25. The fraction of sp³-hybridized carbons (Fsp3) is 0.720. The summed E-state index contributed by atoms with van der Waals surface area (Å²) in [6, 6.07) is 0. The number of allylic oxidation sites excluding steroid dienone is 3. The first kappa shape index (κ1) is 21.0. The van der Waals surface area contributed by atoms with Crippen molar-refractivity contribution in [2.24, 2.45) is 29.1 Å². The summed E-state index contributed by atoms with van der Waals surface area (Å²) in [6.45, 7) is 5.89. The number of aliphatic hydroxyl groups excluding tert-OH is 2. The van der Waals surface area contributed by atoms with Crippen LogP contribution in [0.4, 0.5) is 0 Å². The van der Waals surface area contributed by atoms with E-state index in [2.05, 4.69) is 19.1 Å². The van der Waals surface area contributed by atoms with Crippen LogP contribution in [0.3, 0.4) is 0 Å². The van der Waals surface area contributed by atoms with Gasteiger partial charge in [-0.1, -0.05) is 42.4 Å². The second-order valence-electron chi connectivity index (χ2n) is 10.4. The summed E-state index contributed by atoms with van der Waals surface area (Å²) in [5, 5.41) is 30.8. The number of aliphatic hydroxyl groups is 3. The molecule has 2 saturated carbocycles. The summed E-state index contributed by atoms with van der Waals surface area (Å²) in [4.78, 5) is 12.6. The molecular weight excluding hydrogens is 364 g/mol. The van der Waals surface area contributed by atoms with Crippen LogP contribution in [0.25, 0.3) is 0 Å². The Labute approximate surface area is 174 Å². The molecule has 0 aromatic rings. The molecule has 0 amide bonds. The zero-order valence-electron chi connectivity index (χ0n) is 18.0. The van der Waals surface area contributed by atoms with E-state index in [1.165, 1.54) is 11.1 Å². The van der Waals surface area contributed by atoms with Crippen molar-refractivity contribution in [2.75, 3.05) is 0 Å². The van der Waals surface area contributed by atoms with Gasteiger partial charge in [-0.3, -0.25) is 4.79 Å². The maximum atomic E-state index is 12.6. The van der Waals surface area contributed by atoms with E-state index in [-0.39, 0.29) is 29.5 Å². The second-order valence-corrected chi connectivity index (χ2v) is 10.4. The van der Waals surface area contributed by atoms with Crippen LogP contribution in [-0.2, 0) is 4.79 Å². The maximum Gasteiger partial charge on any atom is 0.142 e. The lowest BCUT2D eigenvalue weighted by molar-refractivity contribution is -0.123. The van der Waals surface area contributed by atoms with Gasteiger partial charge in [0.05, 0.1) is 17.8 Å². The van der Waals surface area contributed by atoms with E-state index in [4.69, 9.17) is 0 Å². The third kappa shape index (κ3) is 3.68. The van der Waals surface area contributed by atoms with E-state index in [1.807, 2.05) is 6.92 Å². The van der Waals surface area contributed by atoms with Gasteiger partial charge < -0.3 is 15.3 Å². The van der Waals surface area contributed by atoms with Gasteiger partial charge in [-0.15, -0.1) is 0 Å². The Kier molecular flexibility index (Phi) is 5.42. The van der Waals surface area contributed by atoms with E-state index in [0.717, 1.165) is 32.1 Å². The lowest BCUT2D eigenvalue weighted by atomic mass is 9.67. The molecule has 4 nitrogen and oxygen atoms in total. The Bertz CT molecular complexity index is 759. The van der Waals surface area contributed by atoms with Crippen molar-refractivity contribution < 1.29 is 20.1 Å². The van der Waals surface area contributed by atoms with Crippen molar-refractivity contribution in [1.82, 2.24) is 0 Å². The van der Waals surface area contributed by atoms with Crippen LogP contribution < -0.4 is 0 Å². The number of hydrogen-bond donors (Lipinski definition) is 3. The minimum Gasteiger partial charge on any atom is -0.392 e. The van der Waals surface area contributed by atoms with Crippen molar-refractivity contribution in [3.63, 3.8) is 0 Å². The van der Waals surface area contributed by atoms with Crippen molar-refractivity contribution >= 4 is 5.78 Å². The van der Waals surface area contributed by atoms with Gasteiger partial charge in [-0.25, -0.2) is 0 Å². The number of hydrogen-bond acceptors (Lipinski definition) is 4. The first-order valence-corrected chi connectivity index (χ1v) is 11.3. The number of Topliss-reactive ketones (excluding diaryl/α,β-unsaturated/α-hetero) is 1. The zero-order chi connectivity index (χ0) is 21.0. The lowest BCUT2D eigenvalue weighted by Gasteiger charge is -2.40. The normalized spacial score (nSPS) is 42.8. The molecule has 4 heteroatoms. The van der Waals surface area contributed by atoms with Crippen LogP contribution in [-0.4, -0.2) is 38.9 Å². The molecule has 0 aromatic heterocycles. The third-order valence-corrected chi connectivity index (χ3v) is 8.27. The van der Waals surface area contributed by atoms with Crippen LogP contribution in [0, 0.1) is 29.1 Å². The standard InChI is InChI=1S/C25H36O4/c1-15(26)10-11-25(3,29)23-9-4-17-12-16(14-24(17,23)2)19-7-8-21-20(19)6-5-18(27)13-22(21)28/h6,10-12,15,17-19,21,23,26-27,29H,4-5,7-9,13-14H2,1-3H3. The van der Waals surface area contributed by atoms with Crippen LogP contribution in [0.1, 0.15) is 65.7 Å². The maximum absolute atomic E-state index is 12.6. The van der Waals surface area contributed by atoms with Gasteiger partial charge in [0.2, 0.25) is 0 Å². The molecule has 0 heterocycles. The largest absolute Gasteiger partial charge is 0.392 e. The van der Waals surface area contributed by atoms with Gasteiger partial charge in [0.1, 0.15) is 5.78 Å². The molecule has 4 aliphatic rings. The van der Waals surface area contributed by atoms with Crippen molar-refractivity contribution in [1.29, 1.82) is 0 Å². The first-order valence-electron chi connectivity index (χ1n) is 11.3. The number of rotatable bonds is 4. The lowest BCUT2D eigenvalue weighted by Crippen LogP contribution is -2.41. The monoisotopic (exact) mass is 400 g/mol. The summed E-state index contributed by atoms with van der Waals surface area (Å²) in [7, 11) is 0. The highest BCUT2D eigenvalue weighted by Gasteiger charge is 2.55. The molecule has 0 radical (unpaired) electrons. The van der Waals surface area contributed by atoms with E-state index in [1.54, 1.807) is 19.1 Å². The minimum atomic E-state index is -0.941. The van der Waals surface area contributed by atoms with Crippen molar-refractivity contribution in [3.8, 4) is 0 Å². The van der Waals surface area contributed by atoms with Crippen LogP contribution in [0.5, 0.6) is 0 Å². The second kappa shape index (κ2) is 7.47. The summed E-state index contributed by atoms with van der Waals surface area (Å²) in [5.74, 6) is 1.14. The molecule has 0 bridgehead atoms. The van der Waals surface area contributed by atoms with Crippen molar-refractivity contribution in [3.05, 3.63) is 35.5 Å². The van der Waals surface area contributed by atoms with E-state index in [9.17, 15) is 20.1 Å². The van der Waals surface area contributed by atoms with Crippen LogP contribution in [0.2, 0.25) is 0 Å². The third-order valence-electron chi connectivity index (χ3n) is 8.27. The zero-order valence-corrected chi connectivity index (χ0v) is 18.0. The van der Waals surface area contributed by atoms with Gasteiger partial charge in [0, 0.05) is 18.3 Å². The highest BCUT2D eigenvalue weighted by molar-refractivity contribution is 5.85. The Morgan fingerprint density at radius 2 is 1.97 bits per heavy atom. The number of carbonyl (C=O) groups is 1. The van der Waals surface area contributed by atoms with E-state index >= 15 is 0 Å². The Hall–Kier alpha value is -1.23. The molecule has 2 fully saturated rings. The smallest absolute Gasteiger partial charge is 0.142 e.